The lowest BCUT2D eigenvalue weighted by molar-refractivity contribution is 0.111. The molecule has 0 spiro atoms. The lowest BCUT2D eigenvalue weighted by atomic mass is 10.1. The van der Waals surface area contributed by atoms with E-state index in [0.29, 0.717) is 5.69 Å². The number of benzene rings is 1. The monoisotopic (exact) mass is 182 g/mol. The summed E-state index contributed by atoms with van der Waals surface area (Å²) < 4.78 is 0. The Balaban J connectivity index is 2.52. The van der Waals surface area contributed by atoms with Crippen molar-refractivity contribution in [3.8, 4) is 0 Å². The van der Waals surface area contributed by atoms with Crippen LogP contribution >= 0.6 is 0 Å². The minimum Gasteiger partial charge on any atom is -0.296 e. The fraction of sp³-hybridized carbons (Fsp3) is 0. The van der Waals surface area contributed by atoms with Gasteiger partial charge >= 0.3 is 0 Å². The Kier molecular flexibility index (Phi) is 1.31. The second kappa shape index (κ2) is 2.48. The van der Waals surface area contributed by atoms with Crippen LogP contribution < -0.4 is 0 Å². The first-order chi connectivity index (χ1) is 6.88. The molecule has 0 saturated carbocycles. The van der Waals surface area contributed by atoms with Crippen molar-refractivity contribution in [2.24, 2.45) is 4.99 Å². The summed E-state index contributed by atoms with van der Waals surface area (Å²) in [6.45, 7) is 0. The Morgan fingerprint density at radius 3 is 3.07 bits per heavy atom. The zero-order valence-corrected chi connectivity index (χ0v) is 7.27. The molecule has 1 aliphatic heterocycles. The van der Waals surface area contributed by atoms with Gasteiger partial charge in [0, 0.05) is 17.2 Å². The van der Waals surface area contributed by atoms with Gasteiger partial charge in [-0.25, -0.2) is 4.98 Å². The Hall–Kier alpha value is -2.03. The molecule has 2 heterocycles. The number of carbonyl (C=O) groups is 1. The third kappa shape index (κ3) is 0.836. The highest BCUT2D eigenvalue weighted by atomic mass is 16.1. The number of hydrogen-bond donors (Lipinski definition) is 0. The van der Waals surface area contributed by atoms with Gasteiger partial charge in [-0.05, 0) is 18.2 Å². The number of aliphatic imine (C=N–C) groups is 1. The van der Waals surface area contributed by atoms with Crippen LogP contribution in [0.25, 0.3) is 10.9 Å². The van der Waals surface area contributed by atoms with Crippen molar-refractivity contribution in [2.75, 3.05) is 0 Å². The first kappa shape index (κ1) is 7.38. The first-order valence-corrected chi connectivity index (χ1v) is 4.31. The predicted molar refractivity (Wildman–Crippen MR) is 54.4 cm³/mol. The van der Waals surface area contributed by atoms with E-state index < -0.39 is 0 Å². The van der Waals surface area contributed by atoms with Gasteiger partial charge in [0.05, 0.1) is 11.2 Å². The van der Waals surface area contributed by atoms with E-state index in [1.165, 1.54) is 0 Å². The van der Waals surface area contributed by atoms with Crippen molar-refractivity contribution in [1.82, 2.24) is 4.98 Å². The van der Waals surface area contributed by atoms with Crippen LogP contribution in [0.5, 0.6) is 0 Å². The van der Waals surface area contributed by atoms with Crippen molar-refractivity contribution in [3.05, 3.63) is 35.5 Å². The molecule has 2 aromatic rings. The third-order valence-electron chi connectivity index (χ3n) is 2.33. The molecule has 0 amide bonds. The first-order valence-electron chi connectivity index (χ1n) is 4.31. The second-order valence-electron chi connectivity index (χ2n) is 3.18. The van der Waals surface area contributed by atoms with Crippen LogP contribution in [-0.4, -0.2) is 17.5 Å². The summed E-state index contributed by atoms with van der Waals surface area (Å²) in [5.41, 5.74) is 3.20. The van der Waals surface area contributed by atoms with Gasteiger partial charge in [-0.3, -0.25) is 9.79 Å². The van der Waals surface area contributed by atoms with E-state index in [2.05, 4.69) is 9.98 Å². The molecule has 3 nitrogen and oxygen atoms in total. The summed E-state index contributed by atoms with van der Waals surface area (Å²) >= 11 is 0. The molecular formula is C11H6N2O. The maximum atomic E-state index is 10.6. The highest BCUT2D eigenvalue weighted by Gasteiger charge is 2.11. The van der Waals surface area contributed by atoms with Crippen LogP contribution in [0.3, 0.4) is 0 Å². The molecular weight excluding hydrogens is 176 g/mol. The van der Waals surface area contributed by atoms with E-state index >= 15 is 0 Å². The van der Waals surface area contributed by atoms with Gasteiger partial charge in [0.2, 0.25) is 0 Å². The minimum absolute atomic E-state index is 0.456. The van der Waals surface area contributed by atoms with Gasteiger partial charge in [-0.2, -0.15) is 0 Å². The minimum atomic E-state index is 0.456. The van der Waals surface area contributed by atoms with Crippen LogP contribution in [0, 0.1) is 0 Å². The highest BCUT2D eigenvalue weighted by Crippen LogP contribution is 2.31. The van der Waals surface area contributed by atoms with E-state index in [-0.39, 0.29) is 0 Å². The summed E-state index contributed by atoms with van der Waals surface area (Å²) in [6, 6.07) is 7.49. The largest absolute Gasteiger partial charge is 0.296 e. The number of aldehydes is 1. The van der Waals surface area contributed by atoms with Gasteiger partial charge < -0.3 is 0 Å². The van der Waals surface area contributed by atoms with E-state index in [1.54, 1.807) is 12.3 Å². The molecule has 0 saturated heterocycles. The molecule has 0 fully saturated rings. The van der Waals surface area contributed by atoms with Crippen molar-refractivity contribution in [3.63, 3.8) is 0 Å². The van der Waals surface area contributed by atoms with Crippen LogP contribution in [0.15, 0.2) is 29.3 Å². The lowest BCUT2D eigenvalue weighted by Gasteiger charge is -1.99. The molecule has 1 aromatic heterocycles. The van der Waals surface area contributed by atoms with Crippen LogP contribution in [0.4, 0.5) is 5.69 Å². The quantitative estimate of drug-likeness (QED) is 0.541. The van der Waals surface area contributed by atoms with E-state index in [4.69, 9.17) is 0 Å². The Morgan fingerprint density at radius 1 is 1.29 bits per heavy atom. The summed E-state index contributed by atoms with van der Waals surface area (Å²) in [7, 11) is 0. The van der Waals surface area contributed by atoms with Gasteiger partial charge in [-0.1, -0.05) is 6.07 Å². The van der Waals surface area contributed by atoms with Crippen molar-refractivity contribution in [1.29, 1.82) is 0 Å². The number of carbonyl (C=O) groups excluding carboxylic acids is 1. The standard InChI is InChI=1S/C11H6N2O/c14-6-8-4-7-5-12-9-2-1-3-10(13-8)11(7)9/h1-6H. The average molecular weight is 182 g/mol. The smallest absolute Gasteiger partial charge is 0.168 e. The Labute approximate surface area is 80.1 Å². The summed E-state index contributed by atoms with van der Waals surface area (Å²) in [5.74, 6) is 0. The SMILES string of the molecule is O=Cc1cc2c3c(cccc3n1)N=C2. The number of rotatable bonds is 1. The fourth-order valence-electron chi connectivity index (χ4n) is 1.73. The third-order valence-corrected chi connectivity index (χ3v) is 2.33. The molecule has 0 atom stereocenters. The van der Waals surface area contributed by atoms with Crippen molar-refractivity contribution < 1.29 is 4.79 Å². The Bertz CT molecular complexity index is 573. The van der Waals surface area contributed by atoms with Crippen LogP contribution in [0.1, 0.15) is 16.1 Å². The topological polar surface area (TPSA) is 42.3 Å². The molecule has 3 rings (SSSR count). The molecule has 0 unspecified atom stereocenters. The van der Waals surface area contributed by atoms with E-state index in [1.807, 2.05) is 18.2 Å². The maximum Gasteiger partial charge on any atom is 0.168 e. The number of aromatic nitrogens is 1. The molecule has 0 aliphatic carbocycles. The normalized spacial score (nSPS) is 12.3. The molecule has 0 radical (unpaired) electrons. The van der Waals surface area contributed by atoms with E-state index in [9.17, 15) is 4.79 Å². The molecule has 66 valence electrons. The van der Waals surface area contributed by atoms with Gasteiger partial charge in [0.1, 0.15) is 5.69 Å². The van der Waals surface area contributed by atoms with Gasteiger partial charge in [0.15, 0.2) is 6.29 Å². The summed E-state index contributed by atoms with van der Waals surface area (Å²) in [5, 5.41) is 1.04. The second-order valence-corrected chi connectivity index (χ2v) is 3.18. The van der Waals surface area contributed by atoms with Gasteiger partial charge in [-0.15, -0.1) is 0 Å². The summed E-state index contributed by atoms with van der Waals surface area (Å²) in [4.78, 5) is 19.1. The lowest BCUT2D eigenvalue weighted by Crippen LogP contribution is -1.90. The molecule has 0 N–H and O–H groups in total. The van der Waals surface area contributed by atoms with Crippen LogP contribution in [0.2, 0.25) is 0 Å². The molecule has 1 aromatic carbocycles. The number of pyridine rings is 1. The van der Waals surface area contributed by atoms with Crippen LogP contribution in [-0.2, 0) is 0 Å². The maximum absolute atomic E-state index is 10.6. The number of hydrogen-bond acceptors (Lipinski definition) is 3. The predicted octanol–water partition coefficient (Wildman–Crippen LogP) is 2.11. The number of nitrogens with zero attached hydrogens (tertiary/aromatic N) is 2. The molecule has 14 heavy (non-hydrogen) atoms. The zero-order chi connectivity index (χ0) is 9.54. The van der Waals surface area contributed by atoms with E-state index in [0.717, 1.165) is 28.4 Å². The van der Waals surface area contributed by atoms with Crippen molar-refractivity contribution >= 4 is 29.1 Å². The zero-order valence-electron chi connectivity index (χ0n) is 7.27. The molecule has 3 heteroatoms. The highest BCUT2D eigenvalue weighted by molar-refractivity contribution is 6.10. The molecule has 1 aliphatic rings. The summed E-state index contributed by atoms with van der Waals surface area (Å²) in [6.07, 6.45) is 2.53. The van der Waals surface area contributed by atoms with Gasteiger partial charge in [0.25, 0.3) is 0 Å². The average Bonchev–Trinajstić information content (AvgIpc) is 2.64. The fourth-order valence-corrected chi connectivity index (χ4v) is 1.73. The van der Waals surface area contributed by atoms with Crippen molar-refractivity contribution in [2.45, 2.75) is 0 Å². The Morgan fingerprint density at radius 2 is 2.21 bits per heavy atom. The molecule has 0 bridgehead atoms.